The van der Waals surface area contributed by atoms with Crippen LogP contribution in [0.4, 0.5) is 13.2 Å². The van der Waals surface area contributed by atoms with Crippen LogP contribution in [0.5, 0.6) is 0 Å². The summed E-state index contributed by atoms with van der Waals surface area (Å²) in [5.41, 5.74) is -0.378. The number of halogens is 3. The summed E-state index contributed by atoms with van der Waals surface area (Å²) >= 11 is 0. The van der Waals surface area contributed by atoms with E-state index < -0.39 is 12.6 Å². The van der Waals surface area contributed by atoms with E-state index in [1.807, 2.05) is 0 Å². The molecule has 0 spiro atoms. The minimum atomic E-state index is -4.29. The van der Waals surface area contributed by atoms with Gasteiger partial charge in [-0.25, -0.2) is 0 Å². The van der Waals surface area contributed by atoms with Crippen LogP contribution >= 0.6 is 0 Å². The molecule has 2 rings (SSSR count). The molecule has 0 aromatic carbocycles. The van der Waals surface area contributed by atoms with Crippen molar-refractivity contribution in [3.05, 3.63) is 11.7 Å². The van der Waals surface area contributed by atoms with E-state index in [2.05, 4.69) is 15.5 Å². The first kappa shape index (κ1) is 10.4. The second kappa shape index (κ2) is 3.19. The largest absolute Gasteiger partial charge is 0.396 e. The Morgan fingerprint density at radius 1 is 1.47 bits per heavy atom. The summed E-state index contributed by atoms with van der Waals surface area (Å²) < 4.78 is 40.8. The molecule has 0 bridgehead atoms. The van der Waals surface area contributed by atoms with E-state index in [1.165, 1.54) is 0 Å². The quantitative estimate of drug-likeness (QED) is 0.837. The Hall–Kier alpha value is -1.11. The standard InChI is InChI=1S/C8H10F3N3O/c1-12-7(2-3-7)6-13-5(14-15-6)4-8(9,10)11/h12H,2-4H2,1H3. The van der Waals surface area contributed by atoms with Gasteiger partial charge in [0.1, 0.15) is 6.42 Å². The van der Waals surface area contributed by atoms with Gasteiger partial charge in [0.15, 0.2) is 5.82 Å². The third-order valence-electron chi connectivity index (χ3n) is 2.46. The number of hydrogen-bond donors (Lipinski definition) is 1. The molecule has 1 fully saturated rings. The molecule has 1 saturated carbocycles. The van der Waals surface area contributed by atoms with Crippen LogP contribution in [0.15, 0.2) is 4.52 Å². The van der Waals surface area contributed by atoms with Gasteiger partial charge < -0.3 is 9.84 Å². The Morgan fingerprint density at radius 2 is 2.13 bits per heavy atom. The van der Waals surface area contributed by atoms with Gasteiger partial charge in [-0.3, -0.25) is 0 Å². The number of alkyl halides is 3. The van der Waals surface area contributed by atoms with Crippen molar-refractivity contribution in [2.24, 2.45) is 0 Å². The molecule has 0 saturated heterocycles. The molecule has 0 radical (unpaired) electrons. The minimum absolute atomic E-state index is 0.254. The van der Waals surface area contributed by atoms with Crippen LogP contribution in [0.3, 0.4) is 0 Å². The highest BCUT2D eigenvalue weighted by Crippen LogP contribution is 2.44. The molecule has 84 valence electrons. The molecule has 7 heteroatoms. The van der Waals surface area contributed by atoms with Gasteiger partial charge in [0.25, 0.3) is 0 Å². The van der Waals surface area contributed by atoms with Crippen LogP contribution in [0.2, 0.25) is 0 Å². The summed E-state index contributed by atoms with van der Waals surface area (Å²) in [6.45, 7) is 0. The molecule has 0 atom stereocenters. The summed E-state index contributed by atoms with van der Waals surface area (Å²) in [7, 11) is 1.72. The first-order valence-corrected chi connectivity index (χ1v) is 4.54. The van der Waals surface area contributed by atoms with E-state index in [1.54, 1.807) is 7.05 Å². The Labute approximate surface area is 83.8 Å². The molecule has 0 amide bonds. The van der Waals surface area contributed by atoms with Gasteiger partial charge in [-0.05, 0) is 19.9 Å². The van der Waals surface area contributed by atoms with E-state index in [4.69, 9.17) is 4.52 Å². The van der Waals surface area contributed by atoms with Crippen LogP contribution in [0.1, 0.15) is 24.6 Å². The van der Waals surface area contributed by atoms with Gasteiger partial charge in [0, 0.05) is 0 Å². The van der Waals surface area contributed by atoms with Crippen LogP contribution in [-0.2, 0) is 12.0 Å². The van der Waals surface area contributed by atoms with E-state index in [0.717, 1.165) is 12.8 Å². The maximum Gasteiger partial charge on any atom is 0.396 e. The second-order valence-electron chi connectivity index (χ2n) is 3.64. The third kappa shape index (κ3) is 2.11. The van der Waals surface area contributed by atoms with Crippen LogP contribution < -0.4 is 5.32 Å². The number of hydrogen-bond acceptors (Lipinski definition) is 4. The smallest absolute Gasteiger partial charge is 0.337 e. The molecule has 1 heterocycles. The average Bonchev–Trinajstić information content (AvgIpc) is 2.80. The SMILES string of the molecule is CNC1(c2nc(CC(F)(F)F)no2)CC1. The fourth-order valence-corrected chi connectivity index (χ4v) is 1.40. The number of nitrogens with one attached hydrogen (secondary N) is 1. The first-order chi connectivity index (χ1) is 6.95. The molecule has 1 aromatic heterocycles. The second-order valence-corrected chi connectivity index (χ2v) is 3.64. The zero-order valence-corrected chi connectivity index (χ0v) is 8.06. The molecular weight excluding hydrogens is 211 g/mol. The fourth-order valence-electron chi connectivity index (χ4n) is 1.40. The van der Waals surface area contributed by atoms with Crippen molar-refractivity contribution in [3.8, 4) is 0 Å². The fraction of sp³-hybridized carbons (Fsp3) is 0.750. The number of nitrogens with zero attached hydrogens (tertiary/aromatic N) is 2. The monoisotopic (exact) mass is 221 g/mol. The highest BCUT2D eigenvalue weighted by Gasteiger charge is 2.48. The Morgan fingerprint density at radius 3 is 2.60 bits per heavy atom. The lowest BCUT2D eigenvalue weighted by Crippen LogP contribution is -2.25. The van der Waals surface area contributed by atoms with Gasteiger partial charge in [-0.2, -0.15) is 18.2 Å². The molecule has 1 N–H and O–H groups in total. The Balaban J connectivity index is 2.11. The van der Waals surface area contributed by atoms with Gasteiger partial charge in [-0.1, -0.05) is 5.16 Å². The number of rotatable bonds is 3. The topological polar surface area (TPSA) is 51.0 Å². The van der Waals surface area contributed by atoms with Crippen LogP contribution in [-0.4, -0.2) is 23.4 Å². The molecule has 1 aliphatic carbocycles. The Kier molecular flexibility index (Phi) is 2.22. The van der Waals surface area contributed by atoms with Crippen molar-refractivity contribution in [1.82, 2.24) is 15.5 Å². The van der Waals surface area contributed by atoms with Gasteiger partial charge in [0.2, 0.25) is 5.89 Å². The van der Waals surface area contributed by atoms with E-state index in [-0.39, 0.29) is 17.3 Å². The normalized spacial score (nSPS) is 19.2. The minimum Gasteiger partial charge on any atom is -0.337 e. The molecule has 0 aliphatic heterocycles. The van der Waals surface area contributed by atoms with Crippen LogP contribution in [0.25, 0.3) is 0 Å². The Bertz CT molecular complexity index is 356. The van der Waals surface area contributed by atoms with E-state index in [9.17, 15) is 13.2 Å². The van der Waals surface area contributed by atoms with Crippen molar-refractivity contribution in [2.75, 3.05) is 7.05 Å². The summed E-state index contributed by atoms with van der Waals surface area (Å²) in [4.78, 5) is 3.74. The zero-order chi connectivity index (χ0) is 11.1. The third-order valence-corrected chi connectivity index (χ3v) is 2.46. The number of aromatic nitrogens is 2. The lowest BCUT2D eigenvalue weighted by atomic mass is 10.3. The zero-order valence-electron chi connectivity index (χ0n) is 8.06. The van der Waals surface area contributed by atoms with Gasteiger partial charge in [0.05, 0.1) is 5.54 Å². The molecule has 15 heavy (non-hydrogen) atoms. The molecular formula is C8H10F3N3O. The van der Waals surface area contributed by atoms with Crippen molar-refractivity contribution < 1.29 is 17.7 Å². The maximum atomic E-state index is 12.0. The maximum absolute atomic E-state index is 12.0. The summed E-state index contributed by atoms with van der Waals surface area (Å²) in [5.74, 6) is -0.0525. The van der Waals surface area contributed by atoms with E-state index >= 15 is 0 Å². The van der Waals surface area contributed by atoms with Gasteiger partial charge >= 0.3 is 6.18 Å². The highest BCUT2D eigenvalue weighted by molar-refractivity contribution is 5.13. The lowest BCUT2D eigenvalue weighted by Gasteiger charge is -2.06. The van der Waals surface area contributed by atoms with Crippen LogP contribution in [0, 0.1) is 0 Å². The predicted octanol–water partition coefficient (Wildman–Crippen LogP) is 1.38. The molecule has 0 unspecified atom stereocenters. The first-order valence-electron chi connectivity index (χ1n) is 4.54. The lowest BCUT2D eigenvalue weighted by molar-refractivity contribution is -0.128. The van der Waals surface area contributed by atoms with Crippen molar-refractivity contribution >= 4 is 0 Å². The predicted molar refractivity (Wildman–Crippen MR) is 44.0 cm³/mol. The van der Waals surface area contributed by atoms with Gasteiger partial charge in [-0.15, -0.1) is 0 Å². The summed E-state index contributed by atoms with van der Waals surface area (Å²) in [6.07, 6.45) is -3.80. The van der Waals surface area contributed by atoms with Crippen molar-refractivity contribution in [1.29, 1.82) is 0 Å². The molecule has 1 aliphatic rings. The molecule has 1 aromatic rings. The summed E-state index contributed by atoms with van der Waals surface area (Å²) in [6, 6.07) is 0. The average molecular weight is 221 g/mol. The highest BCUT2D eigenvalue weighted by atomic mass is 19.4. The van der Waals surface area contributed by atoms with Crippen molar-refractivity contribution in [2.45, 2.75) is 31.0 Å². The molecule has 4 nitrogen and oxygen atoms in total. The van der Waals surface area contributed by atoms with E-state index in [0.29, 0.717) is 0 Å². The summed E-state index contributed by atoms with van der Waals surface area (Å²) in [5, 5.41) is 6.28. The van der Waals surface area contributed by atoms with Crippen molar-refractivity contribution in [3.63, 3.8) is 0 Å².